The Balaban J connectivity index is 2.70. The van der Waals surface area contributed by atoms with Crippen LogP contribution in [0, 0.1) is 5.82 Å². The lowest BCUT2D eigenvalue weighted by atomic mass is 10.1. The average molecular weight is 221 g/mol. The van der Waals surface area contributed by atoms with Gasteiger partial charge in [-0.15, -0.1) is 11.6 Å². The maximum Gasteiger partial charge on any atom is 0.126 e. The molecule has 0 saturated carbocycles. The molecule has 1 aromatic rings. The molecule has 1 atom stereocenters. The highest BCUT2D eigenvalue weighted by atomic mass is 35.5. The Morgan fingerprint density at radius 2 is 2.15 bits per heavy atom. The number of benzene rings is 1. The molecule has 0 spiro atoms. The van der Waals surface area contributed by atoms with Crippen LogP contribution < -0.4 is 0 Å². The van der Waals surface area contributed by atoms with Crippen molar-refractivity contribution in [1.29, 1.82) is 0 Å². The second kappa shape index (κ2) is 4.83. The molecule has 0 N–H and O–H groups in total. The highest BCUT2D eigenvalue weighted by molar-refractivity contribution is 6.30. The number of hydrogen-bond donors (Lipinski definition) is 0. The summed E-state index contributed by atoms with van der Waals surface area (Å²) < 4.78 is 13.1. The SMILES string of the molecule is CC(Cl)CCc1cc(Cl)ccc1F. The molecule has 0 aliphatic rings. The first-order valence-electron chi connectivity index (χ1n) is 4.17. The molecule has 3 heteroatoms. The summed E-state index contributed by atoms with van der Waals surface area (Å²) in [5.41, 5.74) is 0.639. The summed E-state index contributed by atoms with van der Waals surface area (Å²) in [4.78, 5) is 0. The number of aryl methyl sites for hydroxylation is 1. The number of halogens is 3. The Bertz CT molecular complexity index is 284. The summed E-state index contributed by atoms with van der Waals surface area (Å²) >= 11 is 11.5. The average Bonchev–Trinajstić information content (AvgIpc) is 2.06. The van der Waals surface area contributed by atoms with E-state index < -0.39 is 0 Å². The normalized spacial score (nSPS) is 12.9. The summed E-state index contributed by atoms with van der Waals surface area (Å²) in [5.74, 6) is -0.207. The summed E-state index contributed by atoms with van der Waals surface area (Å²) in [6, 6.07) is 4.58. The fraction of sp³-hybridized carbons (Fsp3) is 0.400. The van der Waals surface area contributed by atoms with Crippen LogP contribution in [0.2, 0.25) is 5.02 Å². The lowest BCUT2D eigenvalue weighted by Crippen LogP contribution is -1.97. The topological polar surface area (TPSA) is 0 Å². The van der Waals surface area contributed by atoms with Crippen LogP contribution in [0.5, 0.6) is 0 Å². The van der Waals surface area contributed by atoms with Gasteiger partial charge in [-0.1, -0.05) is 11.6 Å². The number of rotatable bonds is 3. The van der Waals surface area contributed by atoms with Crippen LogP contribution in [-0.2, 0) is 6.42 Å². The van der Waals surface area contributed by atoms with Crippen molar-refractivity contribution in [2.45, 2.75) is 25.1 Å². The Kier molecular flexibility index (Phi) is 4.01. The third-order valence-corrected chi connectivity index (χ3v) is 2.27. The molecule has 0 nitrogen and oxygen atoms in total. The van der Waals surface area contributed by atoms with Gasteiger partial charge in [0.1, 0.15) is 5.82 Å². The molecule has 1 unspecified atom stereocenters. The van der Waals surface area contributed by atoms with Crippen LogP contribution in [0.25, 0.3) is 0 Å². The van der Waals surface area contributed by atoms with Gasteiger partial charge in [-0.2, -0.15) is 0 Å². The van der Waals surface area contributed by atoms with Crippen molar-refractivity contribution in [2.24, 2.45) is 0 Å². The fourth-order valence-electron chi connectivity index (χ4n) is 1.09. The summed E-state index contributed by atoms with van der Waals surface area (Å²) in [6.45, 7) is 1.89. The monoisotopic (exact) mass is 220 g/mol. The van der Waals surface area contributed by atoms with Gasteiger partial charge in [0.15, 0.2) is 0 Å². The van der Waals surface area contributed by atoms with Crippen molar-refractivity contribution >= 4 is 23.2 Å². The Morgan fingerprint density at radius 1 is 1.46 bits per heavy atom. The lowest BCUT2D eigenvalue weighted by molar-refractivity contribution is 0.604. The number of alkyl halides is 1. The second-order valence-electron chi connectivity index (χ2n) is 3.06. The van der Waals surface area contributed by atoms with E-state index in [1.54, 1.807) is 12.1 Å². The molecule has 0 saturated heterocycles. The van der Waals surface area contributed by atoms with E-state index >= 15 is 0 Å². The Hall–Kier alpha value is -0.270. The van der Waals surface area contributed by atoms with Crippen molar-refractivity contribution in [3.8, 4) is 0 Å². The van der Waals surface area contributed by atoms with E-state index in [1.807, 2.05) is 6.92 Å². The molecule has 0 aromatic heterocycles. The van der Waals surface area contributed by atoms with E-state index in [0.29, 0.717) is 17.0 Å². The zero-order chi connectivity index (χ0) is 9.84. The van der Waals surface area contributed by atoms with Gasteiger partial charge >= 0.3 is 0 Å². The van der Waals surface area contributed by atoms with E-state index in [2.05, 4.69) is 0 Å². The molecule has 13 heavy (non-hydrogen) atoms. The molecule has 0 amide bonds. The predicted octanol–water partition coefficient (Wildman–Crippen LogP) is 4.04. The molecule has 0 heterocycles. The van der Waals surface area contributed by atoms with Crippen molar-refractivity contribution in [3.05, 3.63) is 34.6 Å². The first-order chi connectivity index (χ1) is 6.09. The molecule has 1 rings (SSSR count). The molecule has 0 aliphatic carbocycles. The molecular weight excluding hydrogens is 210 g/mol. The first-order valence-corrected chi connectivity index (χ1v) is 4.99. The van der Waals surface area contributed by atoms with Crippen molar-refractivity contribution in [1.82, 2.24) is 0 Å². The van der Waals surface area contributed by atoms with Gasteiger partial charge in [0.25, 0.3) is 0 Å². The molecule has 0 aliphatic heterocycles. The minimum Gasteiger partial charge on any atom is -0.207 e. The van der Waals surface area contributed by atoms with Crippen molar-refractivity contribution in [3.63, 3.8) is 0 Å². The van der Waals surface area contributed by atoms with Gasteiger partial charge in [-0.05, 0) is 43.5 Å². The summed E-state index contributed by atoms with van der Waals surface area (Å²) in [6.07, 6.45) is 1.40. The molecule has 1 aromatic carbocycles. The van der Waals surface area contributed by atoms with Crippen LogP contribution in [0.4, 0.5) is 4.39 Å². The van der Waals surface area contributed by atoms with Gasteiger partial charge in [-0.3, -0.25) is 0 Å². The van der Waals surface area contributed by atoms with Crippen molar-refractivity contribution < 1.29 is 4.39 Å². The van der Waals surface area contributed by atoms with Gasteiger partial charge in [-0.25, -0.2) is 4.39 Å². The maximum absolute atomic E-state index is 13.1. The van der Waals surface area contributed by atoms with Gasteiger partial charge in [0, 0.05) is 10.4 Å². The smallest absolute Gasteiger partial charge is 0.126 e. The summed E-state index contributed by atoms with van der Waals surface area (Å²) in [7, 11) is 0. The minimum atomic E-state index is -0.207. The highest BCUT2D eigenvalue weighted by Crippen LogP contribution is 2.17. The lowest BCUT2D eigenvalue weighted by Gasteiger charge is -2.04. The van der Waals surface area contributed by atoms with E-state index in [-0.39, 0.29) is 11.2 Å². The molecule has 0 bridgehead atoms. The fourth-order valence-corrected chi connectivity index (χ4v) is 1.39. The summed E-state index contributed by atoms with van der Waals surface area (Å²) in [5, 5.41) is 0.636. The van der Waals surface area contributed by atoms with Gasteiger partial charge < -0.3 is 0 Å². The maximum atomic E-state index is 13.1. The Labute approximate surface area is 87.7 Å². The van der Waals surface area contributed by atoms with E-state index in [0.717, 1.165) is 6.42 Å². The number of hydrogen-bond acceptors (Lipinski definition) is 0. The second-order valence-corrected chi connectivity index (χ2v) is 4.24. The van der Waals surface area contributed by atoms with E-state index in [1.165, 1.54) is 6.07 Å². The van der Waals surface area contributed by atoms with Crippen LogP contribution >= 0.6 is 23.2 Å². The molecule has 0 fully saturated rings. The van der Waals surface area contributed by atoms with Gasteiger partial charge in [0.2, 0.25) is 0 Å². The zero-order valence-corrected chi connectivity index (χ0v) is 8.87. The predicted molar refractivity (Wildman–Crippen MR) is 55.0 cm³/mol. The van der Waals surface area contributed by atoms with E-state index in [9.17, 15) is 4.39 Å². The molecular formula is C10H11Cl2F. The third kappa shape index (κ3) is 3.53. The quantitative estimate of drug-likeness (QED) is 0.675. The third-order valence-electron chi connectivity index (χ3n) is 1.82. The largest absolute Gasteiger partial charge is 0.207 e. The Morgan fingerprint density at radius 3 is 2.77 bits per heavy atom. The first kappa shape index (κ1) is 10.8. The van der Waals surface area contributed by atoms with E-state index in [4.69, 9.17) is 23.2 Å². The van der Waals surface area contributed by atoms with Crippen molar-refractivity contribution in [2.75, 3.05) is 0 Å². The molecule has 72 valence electrons. The molecule has 0 radical (unpaired) electrons. The van der Waals surface area contributed by atoms with Crippen LogP contribution in [-0.4, -0.2) is 5.38 Å². The van der Waals surface area contributed by atoms with Crippen LogP contribution in [0.1, 0.15) is 18.9 Å². The minimum absolute atomic E-state index is 0.0679. The highest BCUT2D eigenvalue weighted by Gasteiger charge is 2.04. The standard InChI is InChI=1S/C10H11Cl2F/c1-7(11)2-3-8-6-9(12)4-5-10(8)13/h4-7H,2-3H2,1H3. The zero-order valence-electron chi connectivity index (χ0n) is 7.36. The van der Waals surface area contributed by atoms with Gasteiger partial charge in [0.05, 0.1) is 0 Å². The van der Waals surface area contributed by atoms with Crippen LogP contribution in [0.3, 0.4) is 0 Å². The van der Waals surface area contributed by atoms with Crippen LogP contribution in [0.15, 0.2) is 18.2 Å².